The van der Waals surface area contributed by atoms with Gasteiger partial charge in [0.1, 0.15) is 0 Å². The first-order valence-corrected chi connectivity index (χ1v) is 9.44. The highest BCUT2D eigenvalue weighted by Crippen LogP contribution is 2.16. The van der Waals surface area contributed by atoms with E-state index in [9.17, 15) is 9.00 Å². The van der Waals surface area contributed by atoms with Crippen LogP contribution in [0.4, 0.5) is 0 Å². The molecule has 1 atom stereocenters. The van der Waals surface area contributed by atoms with Crippen LogP contribution in [0.15, 0.2) is 33.6 Å². The monoisotopic (exact) mass is 388 g/mol. The van der Waals surface area contributed by atoms with Gasteiger partial charge in [-0.15, -0.1) is 0 Å². The summed E-state index contributed by atoms with van der Waals surface area (Å²) in [4.78, 5) is 14.6. The fraction of sp³-hybridized carbons (Fsp3) is 0.562. The maximum absolute atomic E-state index is 12.1. The highest BCUT2D eigenvalue weighted by molar-refractivity contribution is 9.10. The summed E-state index contributed by atoms with van der Waals surface area (Å²) in [6.07, 6.45) is 1.04. The summed E-state index contributed by atoms with van der Waals surface area (Å²) < 4.78 is 13.1. The van der Waals surface area contributed by atoms with Crippen LogP contribution in [0.5, 0.6) is 0 Å². The van der Waals surface area contributed by atoms with E-state index < -0.39 is 10.8 Å². The van der Waals surface area contributed by atoms with Crippen molar-refractivity contribution >= 4 is 32.6 Å². The number of nitrogens with two attached hydrogens (primary N) is 1. The number of nitrogens with zero attached hydrogens (tertiary/aromatic N) is 1. The number of rotatable bonds is 8. The van der Waals surface area contributed by atoms with Crippen molar-refractivity contribution in [1.82, 2.24) is 4.90 Å². The van der Waals surface area contributed by atoms with E-state index in [0.717, 1.165) is 9.37 Å². The predicted molar refractivity (Wildman–Crippen MR) is 95.1 cm³/mol. The molecule has 0 aliphatic heterocycles. The zero-order valence-electron chi connectivity index (χ0n) is 13.5. The van der Waals surface area contributed by atoms with Gasteiger partial charge in [0.2, 0.25) is 5.91 Å². The Labute approximate surface area is 144 Å². The third kappa shape index (κ3) is 6.58. The fourth-order valence-corrected chi connectivity index (χ4v) is 3.39. The molecule has 22 heavy (non-hydrogen) atoms. The Morgan fingerprint density at radius 2 is 1.91 bits per heavy atom. The second-order valence-corrected chi connectivity index (χ2v) is 8.71. The summed E-state index contributed by atoms with van der Waals surface area (Å²) in [5.74, 6) is 0.580. The molecule has 0 bridgehead atoms. The Hall–Kier alpha value is -0.720. The standard InChI is InChI=1S/C16H25BrN2O2S/c1-16(2,11-18)12-19(3)15(20)5-4-10-22(21)14-8-6-13(17)7-9-14/h6-9H,4-5,10-12,18H2,1-3H3. The average molecular weight is 389 g/mol. The van der Waals surface area contributed by atoms with E-state index in [2.05, 4.69) is 15.9 Å². The number of hydrogen-bond acceptors (Lipinski definition) is 3. The van der Waals surface area contributed by atoms with Gasteiger partial charge in [-0.25, -0.2) is 0 Å². The average Bonchev–Trinajstić information content (AvgIpc) is 2.47. The highest BCUT2D eigenvalue weighted by atomic mass is 79.9. The van der Waals surface area contributed by atoms with E-state index >= 15 is 0 Å². The topological polar surface area (TPSA) is 63.4 Å². The van der Waals surface area contributed by atoms with Crippen LogP contribution in [0.25, 0.3) is 0 Å². The van der Waals surface area contributed by atoms with Gasteiger partial charge < -0.3 is 10.6 Å². The molecule has 0 aliphatic rings. The van der Waals surface area contributed by atoms with Gasteiger partial charge in [0.25, 0.3) is 0 Å². The predicted octanol–water partition coefficient (Wildman–Crippen LogP) is 2.78. The Kier molecular flexibility index (Phi) is 7.72. The molecule has 0 fully saturated rings. The van der Waals surface area contributed by atoms with Gasteiger partial charge >= 0.3 is 0 Å². The molecule has 0 aromatic heterocycles. The van der Waals surface area contributed by atoms with E-state index in [0.29, 0.717) is 31.7 Å². The first-order valence-electron chi connectivity index (χ1n) is 7.33. The van der Waals surface area contributed by atoms with Crippen molar-refractivity contribution in [2.75, 3.05) is 25.9 Å². The lowest BCUT2D eigenvalue weighted by atomic mass is 9.93. The molecule has 2 N–H and O–H groups in total. The highest BCUT2D eigenvalue weighted by Gasteiger charge is 2.20. The van der Waals surface area contributed by atoms with Crippen LogP contribution in [-0.4, -0.2) is 40.9 Å². The first kappa shape index (κ1) is 19.3. The Balaban J connectivity index is 2.38. The zero-order valence-corrected chi connectivity index (χ0v) is 15.9. The van der Waals surface area contributed by atoms with Crippen LogP contribution < -0.4 is 5.73 Å². The zero-order chi connectivity index (χ0) is 16.8. The summed E-state index contributed by atoms with van der Waals surface area (Å²) in [5, 5.41) is 0. The number of hydrogen-bond donors (Lipinski definition) is 1. The lowest BCUT2D eigenvalue weighted by Crippen LogP contribution is -2.39. The fourth-order valence-electron chi connectivity index (χ4n) is 2.04. The summed E-state index contributed by atoms with van der Waals surface area (Å²) in [6, 6.07) is 7.44. The van der Waals surface area contributed by atoms with E-state index in [1.54, 1.807) is 11.9 Å². The maximum atomic E-state index is 12.1. The van der Waals surface area contributed by atoms with Crippen LogP contribution in [0, 0.1) is 5.41 Å². The van der Waals surface area contributed by atoms with Crippen LogP contribution >= 0.6 is 15.9 Å². The molecule has 4 nitrogen and oxygen atoms in total. The third-order valence-corrected chi connectivity index (χ3v) is 5.43. The summed E-state index contributed by atoms with van der Waals surface area (Å²) in [6.45, 7) is 5.26. The van der Waals surface area contributed by atoms with Gasteiger partial charge in [-0.2, -0.15) is 0 Å². The number of carbonyl (C=O) groups is 1. The number of amides is 1. The van der Waals surface area contributed by atoms with Crippen molar-refractivity contribution in [1.29, 1.82) is 0 Å². The first-order chi connectivity index (χ1) is 10.2. The van der Waals surface area contributed by atoms with E-state index in [1.165, 1.54) is 0 Å². The molecule has 1 aromatic rings. The third-order valence-electron chi connectivity index (χ3n) is 3.44. The molecular formula is C16H25BrN2O2S. The molecule has 0 heterocycles. The normalized spacial score (nSPS) is 13.0. The SMILES string of the molecule is CN(CC(C)(C)CN)C(=O)CCCS(=O)c1ccc(Br)cc1. The lowest BCUT2D eigenvalue weighted by molar-refractivity contribution is -0.131. The number of benzene rings is 1. The van der Waals surface area contributed by atoms with Gasteiger partial charge in [-0.05, 0) is 42.6 Å². The maximum Gasteiger partial charge on any atom is 0.222 e. The van der Waals surface area contributed by atoms with Crippen molar-refractivity contribution in [3.63, 3.8) is 0 Å². The molecule has 124 valence electrons. The summed E-state index contributed by atoms with van der Waals surface area (Å²) >= 11 is 3.35. The van der Waals surface area contributed by atoms with Gasteiger partial charge in [0.15, 0.2) is 0 Å². The molecular weight excluding hydrogens is 364 g/mol. The van der Waals surface area contributed by atoms with Gasteiger partial charge in [0, 0.05) is 35.1 Å². The van der Waals surface area contributed by atoms with Crippen molar-refractivity contribution < 1.29 is 9.00 Å². The number of carbonyl (C=O) groups excluding carboxylic acids is 1. The molecule has 0 radical (unpaired) electrons. The minimum Gasteiger partial charge on any atom is -0.345 e. The van der Waals surface area contributed by atoms with Crippen LogP contribution in [-0.2, 0) is 15.6 Å². The molecule has 0 spiro atoms. The van der Waals surface area contributed by atoms with Crippen molar-refractivity contribution in [3.8, 4) is 0 Å². The minimum absolute atomic E-state index is 0.0781. The van der Waals surface area contributed by atoms with Gasteiger partial charge in [0.05, 0.1) is 10.8 Å². The Morgan fingerprint density at radius 3 is 2.45 bits per heavy atom. The van der Waals surface area contributed by atoms with Gasteiger partial charge in [-0.3, -0.25) is 9.00 Å². The summed E-state index contributed by atoms with van der Waals surface area (Å²) in [5.41, 5.74) is 5.61. The van der Waals surface area contributed by atoms with Crippen LogP contribution in [0.2, 0.25) is 0 Å². The smallest absolute Gasteiger partial charge is 0.222 e. The molecule has 0 aliphatic carbocycles. The van der Waals surface area contributed by atoms with Crippen molar-refractivity contribution in [3.05, 3.63) is 28.7 Å². The van der Waals surface area contributed by atoms with E-state index in [1.807, 2.05) is 38.1 Å². The van der Waals surface area contributed by atoms with Crippen molar-refractivity contribution in [2.24, 2.45) is 11.1 Å². The molecule has 1 unspecified atom stereocenters. The second kappa shape index (κ2) is 8.79. The molecule has 6 heteroatoms. The lowest BCUT2D eigenvalue weighted by Gasteiger charge is -2.29. The van der Waals surface area contributed by atoms with E-state index in [-0.39, 0.29) is 11.3 Å². The molecule has 1 rings (SSSR count). The van der Waals surface area contributed by atoms with Crippen LogP contribution in [0.3, 0.4) is 0 Å². The molecule has 0 saturated heterocycles. The largest absolute Gasteiger partial charge is 0.345 e. The van der Waals surface area contributed by atoms with Crippen LogP contribution in [0.1, 0.15) is 26.7 Å². The molecule has 1 aromatic carbocycles. The quantitative estimate of drug-likeness (QED) is 0.744. The minimum atomic E-state index is -1.05. The molecule has 0 saturated carbocycles. The number of halogens is 1. The Bertz CT molecular complexity index is 517. The molecule has 1 amide bonds. The summed E-state index contributed by atoms with van der Waals surface area (Å²) in [7, 11) is 0.744. The second-order valence-electron chi connectivity index (χ2n) is 6.23. The van der Waals surface area contributed by atoms with E-state index in [4.69, 9.17) is 5.73 Å². The van der Waals surface area contributed by atoms with Gasteiger partial charge in [-0.1, -0.05) is 29.8 Å². The Morgan fingerprint density at radius 1 is 1.32 bits per heavy atom. The van der Waals surface area contributed by atoms with Crippen molar-refractivity contribution in [2.45, 2.75) is 31.6 Å².